The van der Waals surface area contributed by atoms with Crippen molar-refractivity contribution in [2.24, 2.45) is 0 Å². The fourth-order valence-corrected chi connectivity index (χ4v) is 1.34. The monoisotopic (exact) mass is 257 g/mol. The molecule has 96 valence electrons. The van der Waals surface area contributed by atoms with Crippen molar-refractivity contribution >= 4 is 5.97 Å². The lowest BCUT2D eigenvalue weighted by Gasteiger charge is -2.11. The van der Waals surface area contributed by atoms with Gasteiger partial charge in [-0.3, -0.25) is 0 Å². The lowest BCUT2D eigenvalue weighted by atomic mass is 10.0. The first-order valence-corrected chi connectivity index (χ1v) is 4.74. The van der Waals surface area contributed by atoms with Gasteiger partial charge in [0, 0.05) is 0 Å². The number of carbonyl (C=O) groups is 1. The first-order valence-electron chi connectivity index (χ1n) is 4.74. The third-order valence-electron chi connectivity index (χ3n) is 2.12. The predicted octanol–water partition coefficient (Wildman–Crippen LogP) is 1.44. The standard InChI is InChI=1S/C11H9F2NO4/c1-17-10(16)8-3-9(18-11(12)13)6(4-14)2-7(8)5-15/h2-3,11,15H,5H2,1H3. The van der Waals surface area contributed by atoms with E-state index in [1.165, 1.54) is 0 Å². The third kappa shape index (κ3) is 2.93. The van der Waals surface area contributed by atoms with Gasteiger partial charge in [-0.15, -0.1) is 0 Å². The number of ether oxygens (including phenoxy) is 2. The second kappa shape index (κ2) is 5.93. The number of aliphatic hydroxyl groups is 1. The summed E-state index contributed by atoms with van der Waals surface area (Å²) in [6.45, 7) is -3.66. The molecule has 1 N–H and O–H groups in total. The van der Waals surface area contributed by atoms with Crippen molar-refractivity contribution in [1.29, 1.82) is 5.26 Å². The predicted molar refractivity (Wildman–Crippen MR) is 55.1 cm³/mol. The highest BCUT2D eigenvalue weighted by atomic mass is 19.3. The van der Waals surface area contributed by atoms with Crippen LogP contribution in [-0.4, -0.2) is 24.8 Å². The maximum atomic E-state index is 12.1. The SMILES string of the molecule is COC(=O)c1cc(OC(F)F)c(C#N)cc1CO. The molecule has 1 aromatic carbocycles. The second-order valence-electron chi connectivity index (χ2n) is 3.15. The summed E-state index contributed by atoms with van der Waals surface area (Å²) in [6, 6.07) is 3.69. The smallest absolute Gasteiger partial charge is 0.387 e. The molecule has 0 aliphatic rings. The molecule has 0 unspecified atom stereocenters. The molecule has 0 amide bonds. The highest BCUT2D eigenvalue weighted by Gasteiger charge is 2.18. The Balaban J connectivity index is 3.35. The quantitative estimate of drug-likeness (QED) is 0.825. The third-order valence-corrected chi connectivity index (χ3v) is 2.12. The number of nitrogens with zero attached hydrogens (tertiary/aromatic N) is 1. The Morgan fingerprint density at radius 2 is 2.22 bits per heavy atom. The van der Waals surface area contributed by atoms with E-state index in [1.807, 2.05) is 0 Å². The summed E-state index contributed by atoms with van der Waals surface area (Å²) in [7, 11) is 1.11. The molecule has 1 rings (SSSR count). The van der Waals surface area contributed by atoms with Crippen molar-refractivity contribution in [3.05, 3.63) is 28.8 Å². The van der Waals surface area contributed by atoms with Gasteiger partial charge in [-0.2, -0.15) is 14.0 Å². The zero-order valence-corrected chi connectivity index (χ0v) is 9.31. The van der Waals surface area contributed by atoms with Crippen molar-refractivity contribution in [3.63, 3.8) is 0 Å². The zero-order valence-electron chi connectivity index (χ0n) is 9.31. The molecule has 0 aliphatic carbocycles. The Morgan fingerprint density at radius 3 is 2.67 bits per heavy atom. The van der Waals surface area contributed by atoms with Crippen LogP contribution >= 0.6 is 0 Å². The van der Waals surface area contributed by atoms with E-state index in [9.17, 15) is 13.6 Å². The number of rotatable bonds is 4. The van der Waals surface area contributed by atoms with Crippen molar-refractivity contribution in [2.75, 3.05) is 7.11 Å². The van der Waals surface area contributed by atoms with Crippen LogP contribution in [0.3, 0.4) is 0 Å². The molecule has 0 heterocycles. The van der Waals surface area contributed by atoms with Gasteiger partial charge in [0.1, 0.15) is 11.8 Å². The minimum absolute atomic E-state index is 0.0972. The Bertz CT molecular complexity index is 497. The highest BCUT2D eigenvalue weighted by molar-refractivity contribution is 5.92. The first kappa shape index (κ1) is 13.9. The number of carbonyl (C=O) groups excluding carboxylic acids is 1. The Morgan fingerprint density at radius 1 is 1.56 bits per heavy atom. The summed E-state index contributed by atoms with van der Waals surface area (Å²) in [5.74, 6) is -1.26. The molecular weight excluding hydrogens is 248 g/mol. The van der Waals surface area contributed by atoms with Gasteiger partial charge in [0.05, 0.1) is 24.8 Å². The van der Waals surface area contributed by atoms with Crippen LogP contribution in [0.1, 0.15) is 21.5 Å². The maximum absolute atomic E-state index is 12.1. The zero-order chi connectivity index (χ0) is 13.7. The number of aliphatic hydroxyl groups excluding tert-OH is 1. The second-order valence-corrected chi connectivity index (χ2v) is 3.15. The van der Waals surface area contributed by atoms with Gasteiger partial charge in [0.2, 0.25) is 0 Å². The molecule has 0 atom stereocenters. The van der Waals surface area contributed by atoms with Crippen molar-refractivity contribution in [3.8, 4) is 11.8 Å². The minimum atomic E-state index is -3.12. The molecule has 0 radical (unpaired) electrons. The number of methoxy groups -OCH3 is 1. The molecule has 5 nitrogen and oxygen atoms in total. The average Bonchev–Trinajstić information content (AvgIpc) is 2.36. The van der Waals surface area contributed by atoms with Gasteiger partial charge in [-0.05, 0) is 17.7 Å². The molecule has 18 heavy (non-hydrogen) atoms. The number of nitriles is 1. The van der Waals surface area contributed by atoms with Crippen LogP contribution in [0.15, 0.2) is 12.1 Å². The molecule has 0 saturated carbocycles. The first-order chi connectivity index (χ1) is 8.53. The normalized spacial score (nSPS) is 10.0. The molecule has 0 fully saturated rings. The minimum Gasteiger partial charge on any atom is -0.465 e. The van der Waals surface area contributed by atoms with Gasteiger partial charge >= 0.3 is 12.6 Å². The van der Waals surface area contributed by atoms with Crippen LogP contribution in [0, 0.1) is 11.3 Å². The van der Waals surface area contributed by atoms with E-state index in [-0.39, 0.29) is 16.7 Å². The van der Waals surface area contributed by atoms with Crippen LogP contribution < -0.4 is 4.74 Å². The summed E-state index contributed by atoms with van der Waals surface area (Å²) in [5, 5.41) is 17.8. The largest absolute Gasteiger partial charge is 0.465 e. The van der Waals surface area contributed by atoms with Gasteiger partial charge in [0.25, 0.3) is 0 Å². The van der Waals surface area contributed by atoms with E-state index in [4.69, 9.17) is 10.4 Å². The van der Waals surface area contributed by atoms with Gasteiger partial charge < -0.3 is 14.6 Å². The van der Waals surface area contributed by atoms with E-state index in [1.54, 1.807) is 6.07 Å². The van der Waals surface area contributed by atoms with E-state index < -0.39 is 24.9 Å². The number of esters is 1. The molecule has 0 aromatic heterocycles. The Labute approximate surface area is 101 Å². The number of hydrogen-bond acceptors (Lipinski definition) is 5. The summed E-state index contributed by atoms with van der Waals surface area (Å²) in [4.78, 5) is 11.4. The number of benzene rings is 1. The molecular formula is C11H9F2NO4. The number of halogens is 2. The van der Waals surface area contributed by atoms with Crippen LogP contribution in [0.25, 0.3) is 0 Å². The summed E-state index contributed by atoms with van der Waals surface area (Å²) < 4.78 is 32.8. The fraction of sp³-hybridized carbons (Fsp3) is 0.273. The average molecular weight is 257 g/mol. The topological polar surface area (TPSA) is 79.5 Å². The van der Waals surface area contributed by atoms with Crippen LogP contribution in [0.5, 0.6) is 5.75 Å². The lowest BCUT2D eigenvalue weighted by molar-refractivity contribution is -0.0501. The number of alkyl halides is 2. The van der Waals surface area contributed by atoms with E-state index in [0.717, 1.165) is 19.2 Å². The van der Waals surface area contributed by atoms with E-state index in [2.05, 4.69) is 9.47 Å². The maximum Gasteiger partial charge on any atom is 0.387 e. The molecule has 1 aromatic rings. The van der Waals surface area contributed by atoms with Crippen molar-refractivity contribution < 1.29 is 28.2 Å². The lowest BCUT2D eigenvalue weighted by Crippen LogP contribution is -2.10. The molecule has 0 aliphatic heterocycles. The van der Waals surface area contributed by atoms with Crippen molar-refractivity contribution in [1.82, 2.24) is 0 Å². The van der Waals surface area contributed by atoms with E-state index >= 15 is 0 Å². The van der Waals surface area contributed by atoms with Crippen LogP contribution in [0.2, 0.25) is 0 Å². The molecule has 0 bridgehead atoms. The Hall–Kier alpha value is -2.20. The van der Waals surface area contributed by atoms with E-state index in [0.29, 0.717) is 0 Å². The summed E-state index contributed by atoms with van der Waals surface area (Å²) in [5.41, 5.74) is -0.235. The van der Waals surface area contributed by atoms with Crippen molar-refractivity contribution in [2.45, 2.75) is 13.2 Å². The molecule has 0 saturated heterocycles. The number of hydrogen-bond donors (Lipinski definition) is 1. The summed E-state index contributed by atoms with van der Waals surface area (Å²) >= 11 is 0. The van der Waals surface area contributed by atoms with Crippen LogP contribution in [0.4, 0.5) is 8.78 Å². The molecule has 7 heteroatoms. The Kier molecular flexibility index (Phi) is 4.57. The van der Waals surface area contributed by atoms with Gasteiger partial charge in [-0.25, -0.2) is 4.79 Å². The fourth-order valence-electron chi connectivity index (χ4n) is 1.34. The highest BCUT2D eigenvalue weighted by Crippen LogP contribution is 2.25. The van der Waals surface area contributed by atoms with Gasteiger partial charge in [-0.1, -0.05) is 0 Å². The molecule has 0 spiro atoms. The summed E-state index contributed by atoms with van der Waals surface area (Å²) in [6.07, 6.45) is 0. The van der Waals surface area contributed by atoms with Crippen LogP contribution in [-0.2, 0) is 11.3 Å². The van der Waals surface area contributed by atoms with Gasteiger partial charge in [0.15, 0.2) is 0 Å².